The van der Waals surface area contributed by atoms with Gasteiger partial charge in [-0.3, -0.25) is 5.41 Å². The van der Waals surface area contributed by atoms with E-state index in [0.29, 0.717) is 22.6 Å². The maximum absolute atomic E-state index is 14.5. The molecule has 1 saturated heterocycles. The first-order valence-electron chi connectivity index (χ1n) is 7.25. The number of benzene rings is 1. The Kier molecular flexibility index (Phi) is 4.47. The second-order valence-corrected chi connectivity index (χ2v) is 5.29. The van der Waals surface area contributed by atoms with Gasteiger partial charge in [-0.25, -0.2) is 14.4 Å². The lowest BCUT2D eigenvalue weighted by Crippen LogP contribution is -2.52. The lowest BCUT2D eigenvalue weighted by molar-refractivity contribution is 0.0778. The molecule has 6 nitrogen and oxygen atoms in total. The monoisotopic (exact) mass is 314 g/mol. The van der Waals surface area contributed by atoms with Gasteiger partial charge < -0.3 is 15.0 Å². The van der Waals surface area contributed by atoms with E-state index in [-0.39, 0.29) is 18.5 Å². The number of anilines is 1. The molecule has 2 heterocycles. The molecular formula is C16H17FN5O. The molecule has 7 heteroatoms. The van der Waals surface area contributed by atoms with Gasteiger partial charge in [-0.15, -0.1) is 0 Å². The van der Waals surface area contributed by atoms with Crippen molar-refractivity contribution in [2.75, 3.05) is 25.1 Å². The first kappa shape index (κ1) is 15.4. The third kappa shape index (κ3) is 3.14. The number of methoxy groups -OCH3 is 1. The van der Waals surface area contributed by atoms with Crippen LogP contribution in [0, 0.1) is 11.2 Å². The van der Waals surface area contributed by atoms with E-state index in [2.05, 4.69) is 15.3 Å². The molecule has 1 aliphatic heterocycles. The predicted molar refractivity (Wildman–Crippen MR) is 85.0 cm³/mol. The first-order chi connectivity index (χ1) is 11.2. The Labute approximate surface area is 133 Å². The Morgan fingerprint density at radius 1 is 1.39 bits per heavy atom. The van der Waals surface area contributed by atoms with E-state index in [1.165, 1.54) is 0 Å². The van der Waals surface area contributed by atoms with Crippen LogP contribution in [0.2, 0.25) is 0 Å². The summed E-state index contributed by atoms with van der Waals surface area (Å²) in [6.07, 6.45) is 5.52. The molecule has 0 atom stereocenters. The Morgan fingerprint density at radius 3 is 2.78 bits per heavy atom. The average molecular weight is 314 g/mol. The number of nitrogens with one attached hydrogen (secondary N) is 2. The second kappa shape index (κ2) is 6.70. The molecule has 0 saturated carbocycles. The van der Waals surface area contributed by atoms with E-state index < -0.39 is 0 Å². The zero-order chi connectivity index (χ0) is 16.2. The SMILES string of the molecule is COC1CN(c2ncc(-c3cccc(CN[C]=N)c3F)cn2)C1. The molecule has 0 unspecified atom stereocenters. The Balaban J connectivity index is 1.78. The minimum absolute atomic E-state index is 0.217. The smallest absolute Gasteiger partial charge is 0.225 e. The van der Waals surface area contributed by atoms with Crippen molar-refractivity contribution in [2.45, 2.75) is 12.6 Å². The molecule has 0 bridgehead atoms. The summed E-state index contributed by atoms with van der Waals surface area (Å²) < 4.78 is 19.7. The van der Waals surface area contributed by atoms with Crippen LogP contribution in [0.5, 0.6) is 0 Å². The van der Waals surface area contributed by atoms with Gasteiger partial charge in [0, 0.05) is 55.8 Å². The van der Waals surface area contributed by atoms with Crippen LogP contribution in [0.15, 0.2) is 30.6 Å². The minimum Gasteiger partial charge on any atom is -0.378 e. The zero-order valence-electron chi connectivity index (χ0n) is 12.7. The summed E-state index contributed by atoms with van der Waals surface area (Å²) in [6.45, 7) is 1.76. The van der Waals surface area contributed by atoms with Crippen LogP contribution in [0.1, 0.15) is 5.56 Å². The highest BCUT2D eigenvalue weighted by atomic mass is 19.1. The van der Waals surface area contributed by atoms with Crippen LogP contribution < -0.4 is 10.2 Å². The molecule has 1 radical (unpaired) electrons. The van der Waals surface area contributed by atoms with Crippen molar-refractivity contribution in [1.29, 1.82) is 5.41 Å². The molecule has 0 amide bonds. The number of rotatable bonds is 6. The van der Waals surface area contributed by atoms with Gasteiger partial charge in [-0.05, 0) is 0 Å². The highest BCUT2D eigenvalue weighted by Gasteiger charge is 2.28. The van der Waals surface area contributed by atoms with E-state index >= 15 is 0 Å². The van der Waals surface area contributed by atoms with Crippen molar-refractivity contribution in [1.82, 2.24) is 15.3 Å². The number of nitrogens with zero attached hydrogens (tertiary/aromatic N) is 3. The lowest BCUT2D eigenvalue weighted by Gasteiger charge is -2.37. The van der Waals surface area contributed by atoms with Gasteiger partial charge in [-0.1, -0.05) is 18.2 Å². The van der Waals surface area contributed by atoms with Crippen molar-refractivity contribution < 1.29 is 9.13 Å². The summed E-state index contributed by atoms with van der Waals surface area (Å²) in [5.74, 6) is 0.286. The summed E-state index contributed by atoms with van der Waals surface area (Å²) in [4.78, 5) is 10.6. The number of hydrogen-bond acceptors (Lipinski definition) is 5. The molecule has 1 aromatic carbocycles. The fourth-order valence-corrected chi connectivity index (χ4v) is 2.45. The predicted octanol–water partition coefficient (Wildman–Crippen LogP) is 1.69. The quantitative estimate of drug-likeness (QED) is 0.482. The van der Waals surface area contributed by atoms with Gasteiger partial charge in [0.1, 0.15) is 5.82 Å². The van der Waals surface area contributed by atoms with Gasteiger partial charge in [0.15, 0.2) is 6.34 Å². The van der Waals surface area contributed by atoms with Crippen LogP contribution in [0.4, 0.5) is 10.3 Å². The van der Waals surface area contributed by atoms with E-state index in [0.717, 1.165) is 13.1 Å². The highest BCUT2D eigenvalue weighted by Crippen LogP contribution is 2.25. The molecule has 1 aliphatic rings. The Hall–Kier alpha value is -2.54. The molecule has 0 spiro atoms. The van der Waals surface area contributed by atoms with Gasteiger partial charge in [0.25, 0.3) is 0 Å². The standard InChI is InChI=1S/C16H17FN5O/c1-23-13-8-22(9-13)16-20-6-12(7-21-16)14-4-2-3-11(15(14)17)5-19-10-18/h2-4,6-7,13H,5,8-9H2,1H3,(H2,18,19). The molecule has 0 aliphatic carbocycles. The van der Waals surface area contributed by atoms with Crippen LogP contribution in [0.3, 0.4) is 0 Å². The number of halogens is 1. The summed E-state index contributed by atoms with van der Waals surface area (Å²) in [5.41, 5.74) is 1.53. The molecule has 1 fully saturated rings. The van der Waals surface area contributed by atoms with Crippen LogP contribution in [-0.4, -0.2) is 42.6 Å². The largest absolute Gasteiger partial charge is 0.378 e. The van der Waals surface area contributed by atoms with Gasteiger partial charge in [-0.2, -0.15) is 0 Å². The summed E-state index contributed by atoms with van der Waals surface area (Å²) >= 11 is 0. The molecular weight excluding hydrogens is 297 g/mol. The summed E-state index contributed by atoms with van der Waals surface area (Å²) in [5, 5.41) is 9.40. The molecule has 2 aromatic rings. The second-order valence-electron chi connectivity index (χ2n) is 5.29. The molecule has 3 rings (SSSR count). The van der Waals surface area contributed by atoms with Gasteiger partial charge in [0.2, 0.25) is 5.95 Å². The van der Waals surface area contributed by atoms with E-state index in [9.17, 15) is 4.39 Å². The number of aromatic nitrogens is 2. The van der Waals surface area contributed by atoms with Gasteiger partial charge >= 0.3 is 0 Å². The van der Waals surface area contributed by atoms with Crippen molar-refractivity contribution in [3.8, 4) is 11.1 Å². The summed E-state index contributed by atoms with van der Waals surface area (Å²) in [6, 6.07) is 5.13. The molecule has 23 heavy (non-hydrogen) atoms. The molecule has 119 valence electrons. The van der Waals surface area contributed by atoms with Crippen molar-refractivity contribution in [3.05, 3.63) is 42.0 Å². The van der Waals surface area contributed by atoms with Crippen molar-refractivity contribution in [3.63, 3.8) is 0 Å². The maximum Gasteiger partial charge on any atom is 0.225 e. The van der Waals surface area contributed by atoms with E-state index in [1.807, 2.05) is 11.2 Å². The minimum atomic E-state index is -0.338. The van der Waals surface area contributed by atoms with Crippen molar-refractivity contribution in [2.24, 2.45) is 0 Å². The fraction of sp³-hybridized carbons (Fsp3) is 0.312. The van der Waals surface area contributed by atoms with Crippen LogP contribution in [-0.2, 0) is 11.3 Å². The third-order valence-electron chi connectivity index (χ3n) is 3.86. The van der Waals surface area contributed by atoms with Gasteiger partial charge in [0.05, 0.1) is 6.10 Å². The Morgan fingerprint density at radius 2 is 2.13 bits per heavy atom. The first-order valence-corrected chi connectivity index (χ1v) is 7.25. The topological polar surface area (TPSA) is 74.1 Å². The number of hydrogen-bond donors (Lipinski definition) is 2. The maximum atomic E-state index is 14.5. The third-order valence-corrected chi connectivity index (χ3v) is 3.86. The highest BCUT2D eigenvalue weighted by molar-refractivity contribution is 5.64. The normalized spacial score (nSPS) is 14.4. The average Bonchev–Trinajstić information content (AvgIpc) is 2.54. The Bertz CT molecular complexity index is 685. The van der Waals surface area contributed by atoms with Crippen LogP contribution >= 0.6 is 0 Å². The molecule has 1 aromatic heterocycles. The van der Waals surface area contributed by atoms with E-state index in [1.54, 1.807) is 37.7 Å². The summed E-state index contributed by atoms with van der Waals surface area (Å²) in [7, 11) is 1.69. The van der Waals surface area contributed by atoms with E-state index in [4.69, 9.17) is 10.1 Å². The lowest BCUT2D eigenvalue weighted by atomic mass is 10.0. The fourth-order valence-electron chi connectivity index (χ4n) is 2.45. The zero-order valence-corrected chi connectivity index (χ0v) is 12.7. The number of ether oxygens (including phenoxy) is 1. The molecule has 2 N–H and O–H groups in total. The van der Waals surface area contributed by atoms with Crippen LogP contribution in [0.25, 0.3) is 11.1 Å². The van der Waals surface area contributed by atoms with Crippen molar-refractivity contribution >= 4 is 12.3 Å².